The van der Waals surface area contributed by atoms with Crippen molar-refractivity contribution >= 4 is 21.7 Å². The van der Waals surface area contributed by atoms with E-state index >= 15 is 0 Å². The molecule has 1 aromatic carbocycles. The molecule has 112 valence electrons. The second-order valence-electron chi connectivity index (χ2n) is 6.11. The van der Waals surface area contributed by atoms with Crippen LogP contribution in [-0.2, 0) is 6.54 Å². The van der Waals surface area contributed by atoms with E-state index in [9.17, 15) is 4.39 Å². The van der Waals surface area contributed by atoms with Crippen LogP contribution >= 0.6 is 15.9 Å². The number of hydrogen-bond donors (Lipinski definition) is 1. The number of imidazole rings is 1. The Kier molecular flexibility index (Phi) is 3.78. The maximum atomic E-state index is 13.4. The lowest BCUT2D eigenvalue weighted by molar-refractivity contribution is 0.512. The first kappa shape index (κ1) is 14.6. The van der Waals surface area contributed by atoms with Gasteiger partial charge in [0.2, 0.25) is 0 Å². The monoisotopic (exact) mass is 351 g/mol. The normalized spacial score (nSPS) is 14.9. The molecule has 3 rings (SSSR count). The zero-order chi connectivity index (χ0) is 15.1. The Morgan fingerprint density at radius 1 is 1.43 bits per heavy atom. The number of nitrogens with zero attached hydrogens (tertiary/aromatic N) is 2. The van der Waals surface area contributed by atoms with Crippen molar-refractivity contribution in [1.82, 2.24) is 9.55 Å². The van der Waals surface area contributed by atoms with E-state index in [0.29, 0.717) is 22.1 Å². The molecule has 0 atom stereocenters. The zero-order valence-corrected chi connectivity index (χ0v) is 13.8. The van der Waals surface area contributed by atoms with Gasteiger partial charge in [-0.15, -0.1) is 0 Å². The van der Waals surface area contributed by atoms with Gasteiger partial charge in [0, 0.05) is 18.0 Å². The molecule has 2 aromatic rings. The molecule has 0 spiro atoms. The van der Waals surface area contributed by atoms with E-state index in [4.69, 9.17) is 10.7 Å². The van der Waals surface area contributed by atoms with Crippen molar-refractivity contribution < 1.29 is 4.39 Å². The quantitative estimate of drug-likeness (QED) is 0.876. The second-order valence-corrected chi connectivity index (χ2v) is 6.97. The summed E-state index contributed by atoms with van der Waals surface area (Å²) >= 11 is 3.22. The van der Waals surface area contributed by atoms with E-state index in [-0.39, 0.29) is 5.82 Å². The summed E-state index contributed by atoms with van der Waals surface area (Å²) in [5.74, 6) is 2.53. The third-order valence-corrected chi connectivity index (χ3v) is 4.33. The van der Waals surface area contributed by atoms with Crippen molar-refractivity contribution in [2.75, 3.05) is 5.73 Å². The largest absolute Gasteiger partial charge is 0.383 e. The van der Waals surface area contributed by atoms with Crippen molar-refractivity contribution in [3.63, 3.8) is 0 Å². The molecule has 1 saturated carbocycles. The predicted molar refractivity (Wildman–Crippen MR) is 86.5 cm³/mol. The first-order valence-electron chi connectivity index (χ1n) is 7.28. The number of nitrogens with two attached hydrogens (primary N) is 1. The molecule has 1 aliphatic carbocycles. The average molecular weight is 352 g/mol. The summed E-state index contributed by atoms with van der Waals surface area (Å²) in [7, 11) is 0. The predicted octanol–water partition coefficient (Wildman–Crippen LogP) is 4.57. The second kappa shape index (κ2) is 5.44. The van der Waals surface area contributed by atoms with Crippen molar-refractivity contribution in [2.45, 2.75) is 39.2 Å². The van der Waals surface area contributed by atoms with Gasteiger partial charge in [-0.25, -0.2) is 9.37 Å². The standard InChI is InChI=1S/C16H19BrFN3/c1-9(2)8-21-15(19)14(20-16(21)10-3-4-10)11-5-6-13(18)12(17)7-11/h5-7,9-10H,3-4,8,19H2,1-2H3. The molecule has 2 N–H and O–H groups in total. The summed E-state index contributed by atoms with van der Waals surface area (Å²) in [6.45, 7) is 5.21. The minimum atomic E-state index is -0.277. The van der Waals surface area contributed by atoms with E-state index in [0.717, 1.165) is 23.6 Å². The fourth-order valence-corrected chi connectivity index (χ4v) is 2.93. The maximum Gasteiger partial charge on any atom is 0.137 e. The van der Waals surface area contributed by atoms with Gasteiger partial charge in [0.25, 0.3) is 0 Å². The van der Waals surface area contributed by atoms with Gasteiger partial charge in [-0.2, -0.15) is 0 Å². The number of rotatable bonds is 4. The summed E-state index contributed by atoms with van der Waals surface area (Å²) in [4.78, 5) is 4.76. The van der Waals surface area contributed by atoms with Crippen molar-refractivity contribution in [3.8, 4) is 11.3 Å². The minimum absolute atomic E-state index is 0.277. The highest BCUT2D eigenvalue weighted by molar-refractivity contribution is 9.10. The summed E-state index contributed by atoms with van der Waals surface area (Å²) in [5, 5.41) is 0. The topological polar surface area (TPSA) is 43.8 Å². The first-order valence-corrected chi connectivity index (χ1v) is 8.08. The molecule has 0 saturated heterocycles. The molecule has 0 bridgehead atoms. The Hall–Kier alpha value is -1.36. The van der Waals surface area contributed by atoms with Crippen LogP contribution in [0.15, 0.2) is 22.7 Å². The number of hydrogen-bond acceptors (Lipinski definition) is 2. The van der Waals surface area contributed by atoms with E-state index in [1.165, 1.54) is 18.9 Å². The van der Waals surface area contributed by atoms with Crippen molar-refractivity contribution in [3.05, 3.63) is 34.3 Å². The van der Waals surface area contributed by atoms with Crippen molar-refractivity contribution in [1.29, 1.82) is 0 Å². The highest BCUT2D eigenvalue weighted by Gasteiger charge is 2.31. The number of nitrogen functional groups attached to an aromatic ring is 1. The van der Waals surface area contributed by atoms with Crippen LogP contribution in [0.5, 0.6) is 0 Å². The number of halogens is 2. The molecule has 0 radical (unpaired) electrons. The van der Waals surface area contributed by atoms with Crippen LogP contribution in [0, 0.1) is 11.7 Å². The van der Waals surface area contributed by atoms with Gasteiger partial charge >= 0.3 is 0 Å². The van der Waals surface area contributed by atoms with Crippen LogP contribution < -0.4 is 5.73 Å². The molecule has 0 unspecified atom stereocenters. The summed E-state index contributed by atoms with van der Waals surface area (Å²) in [6.07, 6.45) is 2.36. The van der Waals surface area contributed by atoms with Crippen LogP contribution in [0.25, 0.3) is 11.3 Å². The fourth-order valence-electron chi connectivity index (χ4n) is 2.55. The lowest BCUT2D eigenvalue weighted by Crippen LogP contribution is -2.10. The molecule has 21 heavy (non-hydrogen) atoms. The Balaban J connectivity index is 2.07. The van der Waals surface area contributed by atoms with Crippen LogP contribution in [0.3, 0.4) is 0 Å². The molecule has 1 heterocycles. The van der Waals surface area contributed by atoms with Gasteiger partial charge in [0.1, 0.15) is 23.2 Å². The molecule has 5 heteroatoms. The molecular weight excluding hydrogens is 333 g/mol. The minimum Gasteiger partial charge on any atom is -0.383 e. The highest BCUT2D eigenvalue weighted by Crippen LogP contribution is 2.42. The van der Waals surface area contributed by atoms with Gasteiger partial charge in [-0.3, -0.25) is 0 Å². The molecule has 1 aliphatic rings. The Morgan fingerprint density at radius 3 is 2.71 bits per heavy atom. The molecule has 1 aromatic heterocycles. The fraction of sp³-hybridized carbons (Fsp3) is 0.438. The van der Waals surface area contributed by atoms with E-state index in [1.54, 1.807) is 12.1 Å². The van der Waals surface area contributed by atoms with E-state index < -0.39 is 0 Å². The lowest BCUT2D eigenvalue weighted by atomic mass is 10.1. The zero-order valence-electron chi connectivity index (χ0n) is 12.2. The van der Waals surface area contributed by atoms with Gasteiger partial charge in [0.15, 0.2) is 0 Å². The van der Waals surface area contributed by atoms with Crippen LogP contribution in [0.1, 0.15) is 38.4 Å². The van der Waals surface area contributed by atoms with E-state index in [2.05, 4.69) is 34.3 Å². The van der Waals surface area contributed by atoms with Gasteiger partial charge in [-0.1, -0.05) is 13.8 Å². The number of benzene rings is 1. The average Bonchev–Trinajstić information content (AvgIpc) is 3.21. The van der Waals surface area contributed by atoms with E-state index in [1.807, 2.05) is 0 Å². The Bertz CT molecular complexity index is 674. The molecule has 3 nitrogen and oxygen atoms in total. The maximum absolute atomic E-state index is 13.4. The third kappa shape index (κ3) is 2.84. The SMILES string of the molecule is CC(C)Cn1c(C2CC2)nc(-c2ccc(F)c(Br)c2)c1N. The number of anilines is 1. The van der Waals surface area contributed by atoms with Crippen molar-refractivity contribution in [2.24, 2.45) is 5.92 Å². The molecule has 1 fully saturated rings. The summed E-state index contributed by atoms with van der Waals surface area (Å²) in [5.41, 5.74) is 7.94. The van der Waals surface area contributed by atoms with Crippen LogP contribution in [0.2, 0.25) is 0 Å². The highest BCUT2D eigenvalue weighted by atomic mass is 79.9. The van der Waals surface area contributed by atoms with Crippen LogP contribution in [-0.4, -0.2) is 9.55 Å². The van der Waals surface area contributed by atoms with Crippen LogP contribution in [0.4, 0.5) is 10.2 Å². The smallest absolute Gasteiger partial charge is 0.137 e. The first-order chi connectivity index (χ1) is 9.97. The molecule has 0 amide bonds. The Morgan fingerprint density at radius 2 is 2.14 bits per heavy atom. The summed E-state index contributed by atoms with van der Waals surface area (Å²) in [6, 6.07) is 4.91. The van der Waals surface area contributed by atoms with Gasteiger partial charge < -0.3 is 10.3 Å². The Labute approximate surface area is 132 Å². The summed E-state index contributed by atoms with van der Waals surface area (Å²) < 4.78 is 16.0. The number of aromatic nitrogens is 2. The molecular formula is C16H19BrFN3. The third-order valence-electron chi connectivity index (χ3n) is 3.72. The van der Waals surface area contributed by atoms with Gasteiger partial charge in [-0.05, 0) is 52.9 Å². The van der Waals surface area contributed by atoms with Gasteiger partial charge in [0.05, 0.1) is 4.47 Å². The molecule has 0 aliphatic heterocycles. The lowest BCUT2D eigenvalue weighted by Gasteiger charge is -2.12.